The minimum atomic E-state index is -1.67. The standard InChI is InChI=1S/3C33H30Cl2F3N7O2/c3*1-7-21(46)44-16(5)12-43(13-17(44)6)31-18-10-20(34)29(22-23(35)25(37)26(38)27(40)24(22)36)42-32(18)45(33(47)19(31)11-39)30-15(4)8-9-41-28(30)14(2)3/h3*7-10,14,16-17H,1,12-13,40H2,2-6H3/t3*16-,17+. The predicted octanol–water partition coefficient (Wildman–Crippen LogP) is 20.0. The fourth-order valence-corrected chi connectivity index (χ4v) is 20.3. The average Bonchev–Trinajstić information content (AvgIpc) is 0.725. The molecule has 6 atom stereocenters. The molecule has 0 bridgehead atoms. The Bertz CT molecular complexity index is 6860. The number of pyridine rings is 9. The second kappa shape index (κ2) is 40.8. The van der Waals surface area contributed by atoms with E-state index in [9.17, 15) is 70.9 Å². The zero-order valence-corrected chi connectivity index (χ0v) is 82.9. The van der Waals surface area contributed by atoms with Crippen molar-refractivity contribution in [2.24, 2.45) is 0 Å². The molecule has 0 unspecified atom stereocenters. The molecule has 0 spiro atoms. The van der Waals surface area contributed by atoms with Crippen molar-refractivity contribution in [3.05, 3.63) is 257 Å². The molecule has 732 valence electrons. The lowest BCUT2D eigenvalue weighted by atomic mass is 10.0. The summed E-state index contributed by atoms with van der Waals surface area (Å²) in [5.41, 5.74) is 11.6. The molecule has 3 amide bonds. The highest BCUT2D eigenvalue weighted by molar-refractivity contribution is 6.39. The van der Waals surface area contributed by atoms with Crippen molar-refractivity contribution < 1.29 is 53.9 Å². The number of carbonyl (C=O) groups excluding carboxylic acids is 3. The lowest BCUT2D eigenvalue weighted by Crippen LogP contribution is -2.58. The molecular formula is C99H90Cl6F9N21O6. The molecule has 0 aliphatic carbocycles. The van der Waals surface area contributed by atoms with Crippen molar-refractivity contribution in [1.82, 2.24) is 58.3 Å². The number of amides is 3. The van der Waals surface area contributed by atoms with Gasteiger partial charge in [0, 0.05) is 110 Å². The maximum Gasteiger partial charge on any atom is 0.276 e. The van der Waals surface area contributed by atoms with E-state index in [0.717, 1.165) is 0 Å². The number of piperazine rings is 3. The number of halogens is 15. The van der Waals surface area contributed by atoms with Gasteiger partial charge in [-0.1, -0.05) is 131 Å². The zero-order valence-electron chi connectivity index (χ0n) is 78.4. The predicted molar refractivity (Wildman–Crippen MR) is 530 cm³/mol. The molecule has 27 nitrogen and oxygen atoms in total. The molecule has 15 rings (SSSR count). The number of anilines is 6. The maximum atomic E-state index is 15.5. The number of nitrogens with zero attached hydrogens (tertiary/aromatic N) is 18. The summed E-state index contributed by atoms with van der Waals surface area (Å²) in [4.78, 5) is 119. The first-order chi connectivity index (χ1) is 66.5. The van der Waals surface area contributed by atoms with Crippen molar-refractivity contribution in [2.75, 3.05) is 71.2 Å². The summed E-state index contributed by atoms with van der Waals surface area (Å²) in [6.07, 6.45) is 8.43. The van der Waals surface area contributed by atoms with E-state index in [-0.39, 0.29) is 193 Å². The lowest BCUT2D eigenvalue weighted by Gasteiger charge is -2.45. The summed E-state index contributed by atoms with van der Waals surface area (Å²) in [6, 6.07) is 13.2. The first kappa shape index (κ1) is 105. The van der Waals surface area contributed by atoms with Crippen LogP contribution in [0.3, 0.4) is 0 Å². The summed E-state index contributed by atoms with van der Waals surface area (Å²) < 4.78 is 138. The largest absolute Gasteiger partial charge is 0.394 e. The van der Waals surface area contributed by atoms with E-state index >= 15 is 13.2 Å². The normalized spacial score (nSPS) is 16.6. The van der Waals surface area contributed by atoms with Gasteiger partial charge >= 0.3 is 0 Å². The van der Waals surface area contributed by atoms with Gasteiger partial charge in [-0.05, 0) is 151 Å². The molecular weight excluding hydrogens is 1960 g/mol. The molecule has 3 aromatic carbocycles. The van der Waals surface area contributed by atoms with Gasteiger partial charge in [-0.15, -0.1) is 0 Å². The first-order valence-corrected chi connectivity index (χ1v) is 46.1. The fraction of sp³-hybridized carbons (Fsp3) is 0.303. The van der Waals surface area contributed by atoms with Gasteiger partial charge in [-0.25, -0.2) is 54.5 Å². The van der Waals surface area contributed by atoms with E-state index in [0.29, 0.717) is 50.8 Å². The van der Waals surface area contributed by atoms with Gasteiger partial charge in [0.05, 0.1) is 115 Å². The van der Waals surface area contributed by atoms with Crippen LogP contribution in [0.5, 0.6) is 0 Å². The van der Waals surface area contributed by atoms with Crippen LogP contribution in [-0.4, -0.2) is 152 Å². The minimum absolute atomic E-state index is 0.0786. The van der Waals surface area contributed by atoms with Crippen LogP contribution in [0.25, 0.3) is 83.9 Å². The molecule has 3 saturated heterocycles. The molecule has 42 heteroatoms. The van der Waals surface area contributed by atoms with Crippen molar-refractivity contribution >= 4 is 155 Å². The average molecular weight is 2050 g/mol. The number of rotatable bonds is 15. The summed E-state index contributed by atoms with van der Waals surface area (Å²) in [6.45, 7) is 39.6. The summed E-state index contributed by atoms with van der Waals surface area (Å²) in [5.74, 6) is -15.4. The van der Waals surface area contributed by atoms with Crippen LogP contribution in [0.4, 0.5) is 73.6 Å². The van der Waals surface area contributed by atoms with Crippen LogP contribution in [0.2, 0.25) is 30.1 Å². The quantitative estimate of drug-likeness (QED) is 0.0282. The number of carbonyl (C=O) groups is 3. The monoisotopic (exact) mass is 2050 g/mol. The highest BCUT2D eigenvalue weighted by atomic mass is 35.5. The Kier molecular flexibility index (Phi) is 30.3. The van der Waals surface area contributed by atoms with Crippen molar-refractivity contribution in [3.8, 4) is 69.0 Å². The van der Waals surface area contributed by atoms with Gasteiger partial charge in [0.15, 0.2) is 52.4 Å². The highest BCUT2D eigenvalue weighted by Gasteiger charge is 2.42. The number of nitrogens with two attached hydrogens (primary N) is 3. The number of aryl methyl sites for hydroxylation is 3. The van der Waals surface area contributed by atoms with Gasteiger partial charge in [-0.3, -0.25) is 57.4 Å². The summed E-state index contributed by atoms with van der Waals surface area (Å²) >= 11 is 38.5. The Labute approximate surface area is 832 Å². The first-order valence-electron chi connectivity index (χ1n) is 43.9. The van der Waals surface area contributed by atoms with Crippen LogP contribution >= 0.6 is 69.6 Å². The molecule has 9 aromatic heterocycles. The lowest BCUT2D eigenvalue weighted by molar-refractivity contribution is -0.131. The third-order valence-corrected chi connectivity index (χ3v) is 26.9. The Morgan fingerprint density at radius 2 is 0.596 bits per heavy atom. The zero-order chi connectivity index (χ0) is 104. The highest BCUT2D eigenvalue weighted by Crippen LogP contribution is 2.49. The van der Waals surface area contributed by atoms with Gasteiger partial charge in [0.25, 0.3) is 16.7 Å². The molecule has 3 fully saturated rings. The number of nitriles is 3. The molecule has 0 saturated carbocycles. The van der Waals surface area contributed by atoms with Gasteiger partial charge in [0.2, 0.25) is 17.7 Å². The van der Waals surface area contributed by atoms with Crippen molar-refractivity contribution in [1.29, 1.82) is 15.8 Å². The van der Waals surface area contributed by atoms with Gasteiger partial charge in [-0.2, -0.15) is 15.8 Å². The van der Waals surface area contributed by atoms with E-state index in [1.54, 1.807) is 87.0 Å². The molecule has 141 heavy (non-hydrogen) atoms. The van der Waals surface area contributed by atoms with E-state index in [1.807, 2.05) is 83.1 Å². The molecule has 0 radical (unpaired) electrons. The summed E-state index contributed by atoms with van der Waals surface area (Å²) in [7, 11) is 0. The third-order valence-electron chi connectivity index (χ3n) is 24.9. The number of fused-ring (bicyclic) bond motifs is 3. The molecule has 6 N–H and O–H groups in total. The second-order valence-corrected chi connectivity index (χ2v) is 37.7. The number of benzene rings is 3. The Morgan fingerprint density at radius 1 is 0.383 bits per heavy atom. The third kappa shape index (κ3) is 18.1. The number of hydrogen-bond donors (Lipinski definition) is 3. The molecule has 12 heterocycles. The molecule has 3 aliphatic heterocycles. The second-order valence-electron chi connectivity index (χ2n) is 35.3. The van der Waals surface area contributed by atoms with Crippen LogP contribution in [-0.2, 0) is 14.4 Å². The van der Waals surface area contributed by atoms with Crippen LogP contribution in [0, 0.1) is 107 Å². The van der Waals surface area contributed by atoms with Gasteiger partial charge < -0.3 is 46.6 Å². The maximum absolute atomic E-state index is 15.5. The number of aromatic nitrogens is 9. The van der Waals surface area contributed by atoms with Crippen molar-refractivity contribution in [2.45, 2.75) is 158 Å². The van der Waals surface area contributed by atoms with Crippen LogP contribution < -0.4 is 48.6 Å². The van der Waals surface area contributed by atoms with E-state index in [2.05, 4.69) is 67.8 Å². The van der Waals surface area contributed by atoms with E-state index in [1.165, 1.54) is 50.1 Å². The fourth-order valence-electron chi connectivity index (χ4n) is 18.8. The molecule has 3 aliphatic rings. The number of hydrogen-bond acceptors (Lipinski definition) is 21. The molecule has 12 aromatic rings. The van der Waals surface area contributed by atoms with Crippen LogP contribution in [0.1, 0.15) is 151 Å². The summed E-state index contributed by atoms with van der Waals surface area (Å²) in [5, 5.41) is 28.6. The minimum Gasteiger partial charge on any atom is -0.394 e. The Morgan fingerprint density at radius 3 is 0.787 bits per heavy atom. The van der Waals surface area contributed by atoms with Gasteiger partial charge in [0.1, 0.15) is 68.9 Å². The number of nitrogen functional groups attached to an aromatic ring is 3. The smallest absolute Gasteiger partial charge is 0.276 e. The van der Waals surface area contributed by atoms with E-state index < -0.39 is 135 Å². The van der Waals surface area contributed by atoms with Crippen LogP contribution in [0.15, 0.2) is 107 Å². The SMILES string of the molecule is C=CC(=O)N1[C@H](C)CN(c2c(C#N)c(=O)n(-c3c(C)ccnc3C(C)C)c3nc(-c4c(F)c(N)c(F)c(F)c4Cl)c(Cl)cc23)C[C@@H]1C.C=CC(=O)N1[C@H](C)CN(c2c(C#N)c(=O)n(-c3c(C)ccnc3C(C)C)c3nc(-c4c(F)c(N)c(F)c(F)c4Cl)c(Cl)cc23)C[C@@H]1C.C=CC(=O)N1[C@H](C)CN(c2c(C#N)c(=O)n(-c3c(C)ccnc3C(C)C)c3nc(-c4c(F)c(N)c(F)c(F)c4Cl)c(Cl)cc23)C[C@@H]1C. The Hall–Kier alpha value is -13.8. The topological polar surface area (TPSA) is 363 Å². The Balaban J connectivity index is 0.000000178. The van der Waals surface area contributed by atoms with E-state index in [4.69, 9.17) is 86.8 Å². The van der Waals surface area contributed by atoms with Crippen molar-refractivity contribution in [3.63, 3.8) is 0 Å².